The molecular weight excluding hydrogens is 288 g/mol. The van der Waals surface area contributed by atoms with Crippen molar-refractivity contribution in [1.82, 2.24) is 0 Å². The van der Waals surface area contributed by atoms with Crippen LogP contribution in [0.25, 0.3) is 0 Å². The molecule has 0 aromatic heterocycles. The number of benzene rings is 2. The van der Waals surface area contributed by atoms with Gasteiger partial charge in [0.25, 0.3) is 0 Å². The fourth-order valence-electron chi connectivity index (χ4n) is 2.65. The van der Waals surface area contributed by atoms with Crippen molar-refractivity contribution in [2.45, 2.75) is 16.8 Å². The minimum Gasteiger partial charge on any atom is -0.364 e. The summed E-state index contributed by atoms with van der Waals surface area (Å²) in [5, 5.41) is 0. The van der Waals surface area contributed by atoms with Gasteiger partial charge in [0, 0.05) is 4.83 Å². The van der Waals surface area contributed by atoms with E-state index in [2.05, 4.69) is 64.5 Å². The summed E-state index contributed by atoms with van der Waals surface area (Å²) in [4.78, 5) is 0.415. The molecule has 1 fully saturated rings. The number of hydrogen-bond donors (Lipinski definition) is 0. The predicted octanol–water partition coefficient (Wildman–Crippen LogP) is 4.11. The Balaban J connectivity index is 2.11. The van der Waals surface area contributed by atoms with Crippen LogP contribution in [0.3, 0.4) is 0 Å². The molecule has 1 aliphatic heterocycles. The van der Waals surface area contributed by atoms with E-state index < -0.39 is 0 Å². The van der Waals surface area contributed by atoms with E-state index in [-0.39, 0.29) is 5.60 Å². The van der Waals surface area contributed by atoms with Gasteiger partial charge >= 0.3 is 0 Å². The Morgan fingerprint density at radius 3 is 1.78 bits per heavy atom. The third-order valence-electron chi connectivity index (χ3n) is 3.50. The topological polar surface area (TPSA) is 9.23 Å². The van der Waals surface area contributed by atoms with Gasteiger partial charge in [0.05, 0.1) is 6.61 Å². The summed E-state index contributed by atoms with van der Waals surface area (Å²) in [7, 11) is 0. The maximum Gasteiger partial charge on any atom is 0.119 e. The highest BCUT2D eigenvalue weighted by atomic mass is 79.9. The van der Waals surface area contributed by atoms with Crippen LogP contribution in [0.2, 0.25) is 0 Å². The zero-order chi connectivity index (χ0) is 12.4. The first-order valence-electron chi connectivity index (χ1n) is 6.20. The highest BCUT2D eigenvalue weighted by Crippen LogP contribution is 2.44. The lowest BCUT2D eigenvalue weighted by Crippen LogP contribution is -2.26. The summed E-state index contributed by atoms with van der Waals surface area (Å²) in [6.45, 7) is 0.754. The first-order chi connectivity index (χ1) is 8.81. The molecule has 0 bridgehead atoms. The van der Waals surface area contributed by atoms with Crippen LogP contribution < -0.4 is 0 Å². The SMILES string of the molecule is BrC1COC(c2ccccc2)(c2ccccc2)C1. The molecule has 2 aromatic carbocycles. The second kappa shape index (κ2) is 4.87. The second-order valence-electron chi connectivity index (χ2n) is 4.67. The van der Waals surface area contributed by atoms with Gasteiger partial charge in [-0.05, 0) is 17.5 Å². The molecule has 1 saturated heterocycles. The standard InChI is InChI=1S/C16H15BrO/c17-15-11-16(18-12-15,13-7-3-1-4-8-13)14-9-5-2-6-10-14/h1-10,15H,11-12H2. The van der Waals surface area contributed by atoms with Gasteiger partial charge < -0.3 is 4.74 Å². The van der Waals surface area contributed by atoms with Gasteiger partial charge in [-0.1, -0.05) is 76.6 Å². The highest BCUT2D eigenvalue weighted by Gasteiger charge is 2.42. The van der Waals surface area contributed by atoms with Gasteiger partial charge in [-0.2, -0.15) is 0 Å². The Morgan fingerprint density at radius 1 is 0.889 bits per heavy atom. The monoisotopic (exact) mass is 302 g/mol. The van der Waals surface area contributed by atoms with E-state index in [1.807, 2.05) is 12.1 Å². The Kier molecular flexibility index (Phi) is 3.23. The summed E-state index contributed by atoms with van der Waals surface area (Å²) in [5.74, 6) is 0. The lowest BCUT2D eigenvalue weighted by Gasteiger charge is -2.29. The molecule has 0 saturated carbocycles. The summed E-state index contributed by atoms with van der Waals surface area (Å²) in [5.41, 5.74) is 2.17. The maximum absolute atomic E-state index is 6.18. The molecule has 1 unspecified atom stereocenters. The number of alkyl halides is 1. The molecule has 3 rings (SSSR count). The lowest BCUT2D eigenvalue weighted by molar-refractivity contribution is 0.0362. The molecule has 0 amide bonds. The normalized spacial score (nSPS) is 21.9. The summed E-state index contributed by atoms with van der Waals surface area (Å²) >= 11 is 3.68. The molecular formula is C16H15BrO. The lowest BCUT2D eigenvalue weighted by atomic mass is 9.84. The van der Waals surface area contributed by atoms with Gasteiger partial charge in [0.2, 0.25) is 0 Å². The van der Waals surface area contributed by atoms with E-state index in [1.54, 1.807) is 0 Å². The van der Waals surface area contributed by atoms with E-state index >= 15 is 0 Å². The Labute approximate surface area is 116 Å². The van der Waals surface area contributed by atoms with Crippen LogP contribution in [-0.4, -0.2) is 11.4 Å². The molecule has 1 aliphatic rings. The van der Waals surface area contributed by atoms with Gasteiger partial charge in [-0.25, -0.2) is 0 Å². The number of rotatable bonds is 2. The molecule has 0 spiro atoms. The van der Waals surface area contributed by atoms with Crippen LogP contribution in [0.4, 0.5) is 0 Å². The zero-order valence-corrected chi connectivity index (χ0v) is 11.6. The van der Waals surface area contributed by atoms with E-state index in [9.17, 15) is 0 Å². The average Bonchev–Trinajstić information content (AvgIpc) is 2.84. The third kappa shape index (κ3) is 2.00. The molecule has 1 atom stereocenters. The average molecular weight is 303 g/mol. The van der Waals surface area contributed by atoms with Crippen molar-refractivity contribution in [2.75, 3.05) is 6.61 Å². The fourth-order valence-corrected chi connectivity index (χ4v) is 3.23. The first kappa shape index (κ1) is 11.9. The number of ether oxygens (including phenoxy) is 1. The Bertz CT molecular complexity index is 470. The van der Waals surface area contributed by atoms with Crippen LogP contribution >= 0.6 is 15.9 Å². The van der Waals surface area contributed by atoms with E-state index in [0.29, 0.717) is 4.83 Å². The van der Waals surface area contributed by atoms with Crippen molar-refractivity contribution in [3.8, 4) is 0 Å². The fraction of sp³-hybridized carbons (Fsp3) is 0.250. The molecule has 2 heteroatoms. The third-order valence-corrected chi connectivity index (χ3v) is 4.09. The number of halogens is 1. The molecule has 0 aliphatic carbocycles. The van der Waals surface area contributed by atoms with Gasteiger partial charge in [0.1, 0.15) is 5.60 Å². The molecule has 1 nitrogen and oxygen atoms in total. The van der Waals surface area contributed by atoms with Crippen molar-refractivity contribution in [2.24, 2.45) is 0 Å². The van der Waals surface area contributed by atoms with Crippen molar-refractivity contribution >= 4 is 15.9 Å². The van der Waals surface area contributed by atoms with Crippen LogP contribution in [0.5, 0.6) is 0 Å². The molecule has 2 aromatic rings. The Morgan fingerprint density at radius 2 is 1.39 bits per heavy atom. The van der Waals surface area contributed by atoms with Crippen LogP contribution in [0.1, 0.15) is 17.5 Å². The Hall–Kier alpha value is -1.12. The molecule has 92 valence electrons. The van der Waals surface area contributed by atoms with Gasteiger partial charge in [-0.15, -0.1) is 0 Å². The van der Waals surface area contributed by atoms with Gasteiger partial charge in [0.15, 0.2) is 0 Å². The molecule has 0 radical (unpaired) electrons. The summed E-state index contributed by atoms with van der Waals surface area (Å²) in [6.07, 6.45) is 0.973. The molecule has 18 heavy (non-hydrogen) atoms. The van der Waals surface area contributed by atoms with E-state index in [1.165, 1.54) is 11.1 Å². The minimum absolute atomic E-state index is 0.295. The van der Waals surface area contributed by atoms with Crippen molar-refractivity contribution < 1.29 is 4.74 Å². The van der Waals surface area contributed by atoms with Crippen molar-refractivity contribution in [3.63, 3.8) is 0 Å². The predicted molar refractivity (Wildman–Crippen MR) is 76.9 cm³/mol. The van der Waals surface area contributed by atoms with Crippen LogP contribution in [-0.2, 0) is 10.3 Å². The molecule has 0 N–H and O–H groups in total. The minimum atomic E-state index is -0.295. The smallest absolute Gasteiger partial charge is 0.119 e. The quantitative estimate of drug-likeness (QED) is 0.759. The first-order valence-corrected chi connectivity index (χ1v) is 7.12. The summed E-state index contributed by atoms with van der Waals surface area (Å²) < 4.78 is 6.18. The maximum atomic E-state index is 6.18. The van der Waals surface area contributed by atoms with E-state index in [4.69, 9.17) is 4.74 Å². The van der Waals surface area contributed by atoms with Crippen LogP contribution in [0.15, 0.2) is 60.7 Å². The van der Waals surface area contributed by atoms with Crippen molar-refractivity contribution in [1.29, 1.82) is 0 Å². The highest BCUT2D eigenvalue weighted by molar-refractivity contribution is 9.09. The molecule has 1 heterocycles. The zero-order valence-electron chi connectivity index (χ0n) is 10.1. The van der Waals surface area contributed by atoms with Gasteiger partial charge in [-0.3, -0.25) is 0 Å². The number of hydrogen-bond acceptors (Lipinski definition) is 1. The second-order valence-corrected chi connectivity index (χ2v) is 5.97. The largest absolute Gasteiger partial charge is 0.364 e. The van der Waals surface area contributed by atoms with Crippen LogP contribution in [0, 0.1) is 0 Å². The van der Waals surface area contributed by atoms with E-state index in [0.717, 1.165) is 13.0 Å². The van der Waals surface area contributed by atoms with Crippen molar-refractivity contribution in [3.05, 3.63) is 71.8 Å². The summed E-state index contributed by atoms with van der Waals surface area (Å²) in [6, 6.07) is 21.0.